The number of hydrogen-bond acceptors (Lipinski definition) is 3. The zero-order chi connectivity index (χ0) is 19.8. The molecule has 2 fully saturated rings. The number of imidazole rings is 1. The van der Waals surface area contributed by atoms with Crippen LogP contribution in [-0.2, 0) is 0 Å². The summed E-state index contributed by atoms with van der Waals surface area (Å²) in [5, 5.41) is 9.85. The van der Waals surface area contributed by atoms with Crippen molar-refractivity contribution in [3.63, 3.8) is 0 Å². The Labute approximate surface area is 173 Å². The average molecular weight is 387 g/mol. The van der Waals surface area contributed by atoms with E-state index in [1.54, 1.807) is 0 Å². The molecule has 2 aliphatic carbocycles. The number of anilines is 1. The molecular formula is C25H30N4. The lowest BCUT2D eigenvalue weighted by Gasteiger charge is -2.43. The minimum atomic E-state index is 0.601. The van der Waals surface area contributed by atoms with Crippen LogP contribution in [-0.4, -0.2) is 21.5 Å². The third-order valence-corrected chi connectivity index (χ3v) is 7.07. The van der Waals surface area contributed by atoms with Crippen LogP contribution in [0, 0.1) is 18.3 Å². The molecule has 0 atom stereocenters. The van der Waals surface area contributed by atoms with Crippen LogP contribution in [0.1, 0.15) is 75.3 Å². The van der Waals surface area contributed by atoms with Gasteiger partial charge in [0, 0.05) is 12.1 Å². The van der Waals surface area contributed by atoms with Crippen LogP contribution in [0.5, 0.6) is 0 Å². The molecule has 2 heterocycles. The number of rotatable bonds is 3. The second-order valence-corrected chi connectivity index (χ2v) is 8.92. The van der Waals surface area contributed by atoms with E-state index in [0.717, 1.165) is 22.2 Å². The Bertz CT molecular complexity index is 1040. The summed E-state index contributed by atoms with van der Waals surface area (Å²) in [6.07, 6.45) is 13.2. The second-order valence-electron chi connectivity index (χ2n) is 8.92. The first-order valence-corrected chi connectivity index (χ1v) is 11.4. The summed E-state index contributed by atoms with van der Waals surface area (Å²) >= 11 is 0. The minimum Gasteiger partial charge on any atom is -0.352 e. The van der Waals surface area contributed by atoms with Gasteiger partial charge in [0.15, 0.2) is 5.65 Å². The van der Waals surface area contributed by atoms with Crippen molar-refractivity contribution in [3.8, 4) is 6.07 Å². The summed E-state index contributed by atoms with van der Waals surface area (Å²) in [5.41, 5.74) is 4.66. The number of fused-ring (bicyclic) bond motifs is 3. The molecule has 29 heavy (non-hydrogen) atoms. The molecule has 2 aliphatic rings. The Balaban J connectivity index is 1.76. The van der Waals surface area contributed by atoms with Crippen molar-refractivity contribution in [3.05, 3.63) is 41.5 Å². The van der Waals surface area contributed by atoms with Crippen molar-refractivity contribution in [1.29, 1.82) is 5.26 Å². The normalized spacial score (nSPS) is 18.9. The molecule has 0 radical (unpaired) electrons. The highest BCUT2D eigenvalue weighted by Crippen LogP contribution is 2.37. The molecule has 0 amide bonds. The zero-order valence-corrected chi connectivity index (χ0v) is 17.4. The summed E-state index contributed by atoms with van der Waals surface area (Å²) in [6.45, 7) is 2.07. The highest BCUT2D eigenvalue weighted by atomic mass is 15.3. The van der Waals surface area contributed by atoms with Gasteiger partial charge in [-0.1, -0.05) is 50.7 Å². The lowest BCUT2D eigenvalue weighted by molar-refractivity contribution is 0.337. The van der Waals surface area contributed by atoms with E-state index < -0.39 is 0 Å². The van der Waals surface area contributed by atoms with E-state index in [1.807, 2.05) is 6.07 Å². The maximum Gasteiger partial charge on any atom is 0.157 e. The molecule has 3 aromatic rings. The van der Waals surface area contributed by atoms with Crippen molar-refractivity contribution < 1.29 is 0 Å². The van der Waals surface area contributed by atoms with Gasteiger partial charge in [0.2, 0.25) is 0 Å². The van der Waals surface area contributed by atoms with Gasteiger partial charge in [-0.15, -0.1) is 0 Å². The van der Waals surface area contributed by atoms with Crippen LogP contribution >= 0.6 is 0 Å². The van der Waals surface area contributed by atoms with Gasteiger partial charge in [-0.3, -0.25) is 4.40 Å². The molecule has 0 aliphatic heterocycles. The fraction of sp³-hybridized carbons (Fsp3) is 0.520. The highest BCUT2D eigenvalue weighted by molar-refractivity contribution is 5.85. The maximum atomic E-state index is 9.85. The van der Waals surface area contributed by atoms with Crippen molar-refractivity contribution >= 4 is 22.5 Å². The molecule has 2 aromatic heterocycles. The lowest BCUT2D eigenvalue weighted by Crippen LogP contribution is -2.46. The van der Waals surface area contributed by atoms with Gasteiger partial charge in [0.05, 0.1) is 16.6 Å². The topological polar surface area (TPSA) is 44.3 Å². The van der Waals surface area contributed by atoms with Crippen LogP contribution in [0.2, 0.25) is 0 Å². The van der Waals surface area contributed by atoms with Gasteiger partial charge < -0.3 is 4.90 Å². The highest BCUT2D eigenvalue weighted by Gasteiger charge is 2.31. The first-order valence-electron chi connectivity index (χ1n) is 11.4. The molecule has 0 saturated heterocycles. The SMILES string of the molecule is Cc1cc(N(C2CCCCC2)C2CCCCC2)n2c(nc3ccccc32)c1C#N. The molecule has 0 spiro atoms. The number of benzene rings is 1. The summed E-state index contributed by atoms with van der Waals surface area (Å²) in [5.74, 6) is 1.25. The minimum absolute atomic E-state index is 0.601. The van der Waals surface area contributed by atoms with E-state index >= 15 is 0 Å². The van der Waals surface area contributed by atoms with E-state index in [1.165, 1.54) is 70.0 Å². The Hall–Kier alpha value is -2.54. The van der Waals surface area contributed by atoms with Crippen molar-refractivity contribution in [2.75, 3.05) is 4.90 Å². The number of pyridine rings is 1. The summed E-state index contributed by atoms with van der Waals surface area (Å²) in [6, 6.07) is 14.2. The third kappa shape index (κ3) is 3.17. The maximum absolute atomic E-state index is 9.85. The van der Waals surface area contributed by atoms with Crippen LogP contribution in [0.4, 0.5) is 5.82 Å². The van der Waals surface area contributed by atoms with Gasteiger partial charge in [-0.05, 0) is 56.4 Å². The predicted octanol–water partition coefficient (Wildman–Crippen LogP) is 6.14. The molecular weight excluding hydrogens is 356 g/mol. The smallest absolute Gasteiger partial charge is 0.157 e. The zero-order valence-electron chi connectivity index (χ0n) is 17.4. The van der Waals surface area contributed by atoms with Crippen LogP contribution < -0.4 is 4.90 Å². The number of aromatic nitrogens is 2. The van der Waals surface area contributed by atoms with Gasteiger partial charge in [-0.25, -0.2) is 4.98 Å². The number of hydrogen-bond donors (Lipinski definition) is 0. The van der Waals surface area contributed by atoms with E-state index in [-0.39, 0.29) is 0 Å². The summed E-state index contributed by atoms with van der Waals surface area (Å²) in [7, 11) is 0. The molecule has 150 valence electrons. The third-order valence-electron chi connectivity index (χ3n) is 7.07. The molecule has 5 rings (SSSR count). The largest absolute Gasteiger partial charge is 0.352 e. The fourth-order valence-electron chi connectivity index (χ4n) is 5.65. The van der Waals surface area contributed by atoms with E-state index in [0.29, 0.717) is 17.6 Å². The molecule has 0 bridgehead atoms. The lowest BCUT2D eigenvalue weighted by atomic mass is 9.88. The average Bonchev–Trinajstić information content (AvgIpc) is 3.15. The van der Waals surface area contributed by atoms with E-state index in [2.05, 4.69) is 46.6 Å². The van der Waals surface area contributed by atoms with Crippen LogP contribution in [0.25, 0.3) is 16.7 Å². The number of nitriles is 1. The molecule has 4 heteroatoms. The Morgan fingerprint density at radius 1 is 0.966 bits per heavy atom. The Kier molecular flexibility index (Phi) is 4.91. The van der Waals surface area contributed by atoms with Gasteiger partial charge in [0.1, 0.15) is 11.9 Å². The van der Waals surface area contributed by atoms with Gasteiger partial charge in [-0.2, -0.15) is 5.26 Å². The first kappa shape index (κ1) is 18.5. The van der Waals surface area contributed by atoms with Crippen molar-refractivity contribution in [1.82, 2.24) is 9.38 Å². The summed E-state index contributed by atoms with van der Waals surface area (Å²) < 4.78 is 2.28. The Morgan fingerprint density at radius 3 is 2.21 bits per heavy atom. The molecule has 1 aromatic carbocycles. The van der Waals surface area contributed by atoms with Crippen molar-refractivity contribution in [2.24, 2.45) is 0 Å². The number of nitrogens with zero attached hydrogens (tertiary/aromatic N) is 4. The monoisotopic (exact) mass is 386 g/mol. The molecule has 0 unspecified atom stereocenters. The van der Waals surface area contributed by atoms with Gasteiger partial charge >= 0.3 is 0 Å². The molecule has 4 nitrogen and oxygen atoms in total. The number of para-hydroxylation sites is 2. The van der Waals surface area contributed by atoms with E-state index in [9.17, 15) is 5.26 Å². The van der Waals surface area contributed by atoms with Crippen LogP contribution in [0.3, 0.4) is 0 Å². The summed E-state index contributed by atoms with van der Waals surface area (Å²) in [4.78, 5) is 7.65. The Morgan fingerprint density at radius 2 is 1.59 bits per heavy atom. The first-order chi connectivity index (χ1) is 14.3. The standard InChI is InChI=1S/C25H30N4/c1-18-16-24(28(19-10-4-2-5-11-19)20-12-6-3-7-13-20)29-23-15-9-8-14-22(23)27-25(29)21(18)17-26/h8-9,14-16,19-20H,2-7,10-13H2,1H3. The molecule has 2 saturated carbocycles. The number of aryl methyl sites for hydroxylation is 1. The quantitative estimate of drug-likeness (QED) is 0.543. The predicted molar refractivity (Wildman–Crippen MR) is 118 cm³/mol. The van der Waals surface area contributed by atoms with E-state index in [4.69, 9.17) is 4.98 Å². The fourth-order valence-corrected chi connectivity index (χ4v) is 5.65. The second kappa shape index (κ2) is 7.71. The van der Waals surface area contributed by atoms with Gasteiger partial charge in [0.25, 0.3) is 0 Å². The molecule has 0 N–H and O–H groups in total. The van der Waals surface area contributed by atoms with Crippen molar-refractivity contribution in [2.45, 2.75) is 83.2 Å². The van der Waals surface area contributed by atoms with Crippen LogP contribution in [0.15, 0.2) is 30.3 Å².